The molecule has 1 heterocycles. The highest BCUT2D eigenvalue weighted by molar-refractivity contribution is 5.95. The highest BCUT2D eigenvalue weighted by Gasteiger charge is 2.27. The van der Waals surface area contributed by atoms with Crippen LogP contribution in [0, 0.1) is 0 Å². The largest absolute Gasteiger partial charge is 0.454 e. The van der Waals surface area contributed by atoms with Gasteiger partial charge >= 0.3 is 0 Å². The Balaban J connectivity index is 1.87. The number of amides is 2. The van der Waals surface area contributed by atoms with Gasteiger partial charge in [0, 0.05) is 24.6 Å². The highest BCUT2D eigenvalue weighted by Crippen LogP contribution is 2.33. The van der Waals surface area contributed by atoms with Crippen LogP contribution in [0.1, 0.15) is 35.7 Å². The predicted molar refractivity (Wildman–Crippen MR) is 102 cm³/mol. The summed E-state index contributed by atoms with van der Waals surface area (Å²) < 4.78 is 10.7. The van der Waals surface area contributed by atoms with Crippen LogP contribution in [0.5, 0.6) is 11.5 Å². The monoisotopic (exact) mass is 368 g/mol. The van der Waals surface area contributed by atoms with E-state index in [1.54, 1.807) is 23.1 Å². The lowest BCUT2D eigenvalue weighted by molar-refractivity contribution is -0.119. The van der Waals surface area contributed by atoms with E-state index in [0.29, 0.717) is 30.0 Å². The van der Waals surface area contributed by atoms with E-state index in [9.17, 15) is 9.59 Å². The SMILES string of the molecule is CCCN(C(=O)c1ccc2c(c1)OCO2)[C@H](CC(N)=O)Cc1ccccc1. The maximum Gasteiger partial charge on any atom is 0.254 e. The third-order valence-electron chi connectivity index (χ3n) is 4.54. The zero-order valence-corrected chi connectivity index (χ0v) is 15.4. The van der Waals surface area contributed by atoms with Crippen molar-refractivity contribution in [2.24, 2.45) is 5.73 Å². The topological polar surface area (TPSA) is 81.9 Å². The summed E-state index contributed by atoms with van der Waals surface area (Å²) in [7, 11) is 0. The van der Waals surface area contributed by atoms with Gasteiger partial charge in [-0.2, -0.15) is 0 Å². The molecule has 1 atom stereocenters. The molecule has 0 aliphatic carbocycles. The quantitative estimate of drug-likeness (QED) is 0.777. The zero-order chi connectivity index (χ0) is 19.2. The molecule has 2 N–H and O–H groups in total. The van der Waals surface area contributed by atoms with E-state index in [1.165, 1.54) is 0 Å². The Labute approximate surface area is 158 Å². The van der Waals surface area contributed by atoms with Gasteiger partial charge in [-0.25, -0.2) is 0 Å². The predicted octanol–water partition coefficient (Wildman–Crippen LogP) is 2.75. The van der Waals surface area contributed by atoms with Crippen molar-refractivity contribution in [1.82, 2.24) is 4.90 Å². The molecule has 0 unspecified atom stereocenters. The Morgan fingerprint density at radius 2 is 1.85 bits per heavy atom. The van der Waals surface area contributed by atoms with Crippen molar-refractivity contribution in [3.63, 3.8) is 0 Å². The lowest BCUT2D eigenvalue weighted by Gasteiger charge is -2.31. The molecule has 6 nitrogen and oxygen atoms in total. The number of ether oxygens (including phenoxy) is 2. The fourth-order valence-corrected chi connectivity index (χ4v) is 3.30. The summed E-state index contributed by atoms with van der Waals surface area (Å²) in [6.07, 6.45) is 1.46. The minimum absolute atomic E-state index is 0.116. The molecule has 142 valence electrons. The van der Waals surface area contributed by atoms with Crippen molar-refractivity contribution in [2.45, 2.75) is 32.2 Å². The van der Waals surface area contributed by atoms with Crippen molar-refractivity contribution >= 4 is 11.8 Å². The smallest absolute Gasteiger partial charge is 0.254 e. The summed E-state index contributed by atoms with van der Waals surface area (Å²) in [6, 6.07) is 14.7. The molecular weight excluding hydrogens is 344 g/mol. The highest BCUT2D eigenvalue weighted by atomic mass is 16.7. The second-order valence-corrected chi connectivity index (χ2v) is 6.58. The number of benzene rings is 2. The lowest BCUT2D eigenvalue weighted by atomic mass is 10.00. The number of rotatable bonds is 8. The maximum absolute atomic E-state index is 13.2. The molecule has 0 saturated heterocycles. The van der Waals surface area contributed by atoms with Crippen molar-refractivity contribution in [3.05, 3.63) is 59.7 Å². The fraction of sp³-hybridized carbons (Fsp3) is 0.333. The van der Waals surface area contributed by atoms with Gasteiger partial charge in [-0.15, -0.1) is 0 Å². The summed E-state index contributed by atoms with van der Waals surface area (Å²) in [4.78, 5) is 26.6. The van der Waals surface area contributed by atoms with Gasteiger partial charge in [0.15, 0.2) is 11.5 Å². The summed E-state index contributed by atoms with van der Waals surface area (Å²) >= 11 is 0. The number of hydrogen-bond donors (Lipinski definition) is 1. The standard InChI is InChI=1S/C21H24N2O4/c1-2-10-23(17(13-20(22)24)11-15-6-4-3-5-7-15)21(25)16-8-9-18-19(12-16)27-14-26-18/h3-9,12,17H,2,10-11,13-14H2,1H3,(H2,22,24)/t17-/m0/s1. The van der Waals surface area contributed by atoms with Crippen LogP contribution in [0.3, 0.4) is 0 Å². The van der Waals surface area contributed by atoms with Gasteiger partial charge in [0.2, 0.25) is 12.7 Å². The van der Waals surface area contributed by atoms with E-state index in [1.807, 2.05) is 37.3 Å². The first-order chi connectivity index (χ1) is 13.1. The van der Waals surface area contributed by atoms with Crippen LogP contribution in [-0.2, 0) is 11.2 Å². The number of primary amides is 1. The minimum atomic E-state index is -0.421. The van der Waals surface area contributed by atoms with E-state index in [-0.39, 0.29) is 25.2 Å². The first-order valence-electron chi connectivity index (χ1n) is 9.11. The van der Waals surface area contributed by atoms with Crippen LogP contribution in [0.15, 0.2) is 48.5 Å². The summed E-state index contributed by atoms with van der Waals surface area (Å²) in [6.45, 7) is 2.70. The summed E-state index contributed by atoms with van der Waals surface area (Å²) in [5.41, 5.74) is 7.05. The Morgan fingerprint density at radius 3 is 2.56 bits per heavy atom. The molecule has 0 spiro atoms. The maximum atomic E-state index is 13.2. The average molecular weight is 368 g/mol. The molecule has 0 bridgehead atoms. The number of nitrogens with zero attached hydrogens (tertiary/aromatic N) is 1. The first-order valence-corrected chi connectivity index (χ1v) is 9.11. The molecule has 6 heteroatoms. The third kappa shape index (κ3) is 4.58. The van der Waals surface area contributed by atoms with Crippen LogP contribution >= 0.6 is 0 Å². The van der Waals surface area contributed by atoms with Gasteiger partial charge in [0.1, 0.15) is 0 Å². The molecule has 1 aliphatic rings. The van der Waals surface area contributed by atoms with E-state index in [0.717, 1.165) is 12.0 Å². The number of fused-ring (bicyclic) bond motifs is 1. The molecular formula is C21H24N2O4. The Hall–Kier alpha value is -3.02. The molecule has 3 rings (SSSR count). The molecule has 0 saturated carbocycles. The molecule has 0 radical (unpaired) electrons. The van der Waals surface area contributed by atoms with Crippen molar-refractivity contribution in [2.75, 3.05) is 13.3 Å². The van der Waals surface area contributed by atoms with E-state index < -0.39 is 5.91 Å². The normalized spacial score (nSPS) is 13.2. The Kier molecular flexibility index (Phi) is 5.96. The van der Waals surface area contributed by atoms with Crippen molar-refractivity contribution in [1.29, 1.82) is 0 Å². The van der Waals surface area contributed by atoms with Crippen molar-refractivity contribution < 1.29 is 19.1 Å². The summed E-state index contributed by atoms with van der Waals surface area (Å²) in [5, 5.41) is 0. The molecule has 0 aromatic heterocycles. The minimum Gasteiger partial charge on any atom is -0.454 e. The van der Waals surface area contributed by atoms with Gasteiger partial charge in [-0.3, -0.25) is 9.59 Å². The number of carbonyl (C=O) groups excluding carboxylic acids is 2. The van der Waals surface area contributed by atoms with Gasteiger partial charge < -0.3 is 20.1 Å². The van der Waals surface area contributed by atoms with E-state index >= 15 is 0 Å². The molecule has 2 aromatic rings. The van der Waals surface area contributed by atoms with Gasteiger partial charge in [-0.1, -0.05) is 37.3 Å². The second kappa shape index (κ2) is 8.58. The fourth-order valence-electron chi connectivity index (χ4n) is 3.30. The van der Waals surface area contributed by atoms with E-state index in [4.69, 9.17) is 15.2 Å². The summed E-state index contributed by atoms with van der Waals surface area (Å²) in [5.74, 6) is 0.631. The molecule has 27 heavy (non-hydrogen) atoms. The Morgan fingerprint density at radius 1 is 1.11 bits per heavy atom. The number of hydrogen-bond acceptors (Lipinski definition) is 4. The third-order valence-corrected chi connectivity index (χ3v) is 4.54. The second-order valence-electron chi connectivity index (χ2n) is 6.58. The van der Waals surface area contributed by atoms with Crippen LogP contribution in [0.25, 0.3) is 0 Å². The van der Waals surface area contributed by atoms with Gasteiger partial charge in [-0.05, 0) is 36.6 Å². The first kappa shape index (κ1) is 18.8. The Bertz CT molecular complexity index is 807. The lowest BCUT2D eigenvalue weighted by Crippen LogP contribution is -2.44. The van der Waals surface area contributed by atoms with Gasteiger partial charge in [0.25, 0.3) is 5.91 Å². The molecule has 1 aliphatic heterocycles. The number of carbonyl (C=O) groups is 2. The van der Waals surface area contributed by atoms with E-state index in [2.05, 4.69) is 0 Å². The molecule has 2 aromatic carbocycles. The molecule has 2 amide bonds. The van der Waals surface area contributed by atoms with Crippen molar-refractivity contribution in [3.8, 4) is 11.5 Å². The van der Waals surface area contributed by atoms with Crippen LogP contribution in [0.4, 0.5) is 0 Å². The van der Waals surface area contributed by atoms with Crippen LogP contribution in [-0.4, -0.2) is 36.1 Å². The van der Waals surface area contributed by atoms with Crippen LogP contribution < -0.4 is 15.2 Å². The van der Waals surface area contributed by atoms with Crippen LogP contribution in [0.2, 0.25) is 0 Å². The molecule has 0 fully saturated rings. The zero-order valence-electron chi connectivity index (χ0n) is 15.4. The number of nitrogens with two attached hydrogens (primary N) is 1. The average Bonchev–Trinajstić information content (AvgIpc) is 3.13. The van der Waals surface area contributed by atoms with Gasteiger partial charge in [0.05, 0.1) is 0 Å².